The summed E-state index contributed by atoms with van der Waals surface area (Å²) in [4.78, 5) is 15.1. The van der Waals surface area contributed by atoms with Gasteiger partial charge in [0, 0.05) is 26.2 Å². The van der Waals surface area contributed by atoms with Crippen molar-refractivity contribution in [3.63, 3.8) is 0 Å². The Morgan fingerprint density at radius 2 is 1.96 bits per heavy atom. The maximum Gasteiger partial charge on any atom is 0.167 e. The number of nitrogens with zero attached hydrogens (tertiary/aromatic N) is 5. The van der Waals surface area contributed by atoms with Crippen LogP contribution in [0.5, 0.6) is 0 Å². The van der Waals surface area contributed by atoms with Gasteiger partial charge in [0.2, 0.25) is 0 Å². The molecule has 1 saturated heterocycles. The summed E-state index contributed by atoms with van der Waals surface area (Å²) in [5.41, 5.74) is 1.05. The van der Waals surface area contributed by atoms with Gasteiger partial charge in [0.15, 0.2) is 23.2 Å². The highest BCUT2D eigenvalue weighted by Gasteiger charge is 2.44. The van der Waals surface area contributed by atoms with Gasteiger partial charge >= 0.3 is 0 Å². The van der Waals surface area contributed by atoms with Crippen molar-refractivity contribution in [3.05, 3.63) is 24.8 Å². The first-order valence-electron chi connectivity index (χ1n) is 8.60. The summed E-state index contributed by atoms with van der Waals surface area (Å²) >= 11 is 0. The van der Waals surface area contributed by atoms with Gasteiger partial charge in [-0.1, -0.05) is 12.2 Å². The predicted molar refractivity (Wildman–Crippen MR) is 92.4 cm³/mol. The number of hydrogen-bond acceptors (Lipinski definition) is 9. The van der Waals surface area contributed by atoms with E-state index < -0.39 is 24.5 Å². The van der Waals surface area contributed by atoms with Crippen molar-refractivity contribution in [3.8, 4) is 0 Å². The molecule has 0 amide bonds. The zero-order valence-corrected chi connectivity index (χ0v) is 14.1. The quantitative estimate of drug-likeness (QED) is 0.464. The Morgan fingerprint density at radius 1 is 1.15 bits per heavy atom. The van der Waals surface area contributed by atoms with Gasteiger partial charge in [-0.25, -0.2) is 15.0 Å². The predicted octanol–water partition coefficient (Wildman–Crippen LogP) is -1.28. The molecule has 10 heteroatoms. The summed E-state index contributed by atoms with van der Waals surface area (Å²) in [5, 5.41) is 32.7. The molecule has 0 unspecified atom stereocenters. The number of hydrogen-bond donors (Lipinski definition) is 4. The van der Waals surface area contributed by atoms with Crippen LogP contribution in [-0.2, 0) is 4.74 Å². The molecule has 26 heavy (non-hydrogen) atoms. The first-order chi connectivity index (χ1) is 12.7. The van der Waals surface area contributed by atoms with Crippen molar-refractivity contribution in [1.29, 1.82) is 0 Å². The summed E-state index contributed by atoms with van der Waals surface area (Å²) in [6, 6.07) is 0. The van der Waals surface area contributed by atoms with E-state index in [0.717, 1.165) is 19.6 Å². The van der Waals surface area contributed by atoms with E-state index in [1.807, 2.05) is 0 Å². The first kappa shape index (κ1) is 17.3. The molecule has 0 aromatic carbocycles. The minimum atomic E-state index is -1.18. The molecule has 4 heterocycles. The van der Waals surface area contributed by atoms with Crippen molar-refractivity contribution in [1.82, 2.24) is 24.4 Å². The van der Waals surface area contributed by atoms with Crippen molar-refractivity contribution in [2.45, 2.75) is 24.5 Å². The van der Waals surface area contributed by atoms with Crippen LogP contribution in [0, 0.1) is 0 Å². The molecule has 0 bridgehead atoms. The number of imidazole rings is 1. The van der Waals surface area contributed by atoms with Crippen LogP contribution in [0.15, 0.2) is 24.8 Å². The fourth-order valence-electron chi connectivity index (χ4n) is 3.31. The van der Waals surface area contributed by atoms with E-state index in [9.17, 15) is 15.3 Å². The summed E-state index contributed by atoms with van der Waals surface area (Å²) < 4.78 is 7.11. The van der Waals surface area contributed by atoms with Gasteiger partial charge in [0.1, 0.15) is 24.6 Å². The Labute approximate surface area is 149 Å². The molecular weight excluding hydrogens is 340 g/mol. The monoisotopic (exact) mass is 362 g/mol. The smallest absolute Gasteiger partial charge is 0.167 e. The molecule has 2 aromatic rings. The van der Waals surface area contributed by atoms with Crippen LogP contribution in [0.3, 0.4) is 0 Å². The van der Waals surface area contributed by atoms with E-state index in [-0.39, 0.29) is 6.61 Å². The van der Waals surface area contributed by atoms with Gasteiger partial charge in [-0.05, 0) is 0 Å². The summed E-state index contributed by atoms with van der Waals surface area (Å²) in [6.45, 7) is 3.14. The van der Waals surface area contributed by atoms with Crippen LogP contribution in [0.2, 0.25) is 0 Å². The van der Waals surface area contributed by atoms with Gasteiger partial charge in [-0.3, -0.25) is 9.47 Å². The topological polar surface area (TPSA) is 129 Å². The zero-order chi connectivity index (χ0) is 18.1. The second-order valence-corrected chi connectivity index (χ2v) is 6.43. The average Bonchev–Trinajstić information content (AvgIpc) is 3.37. The highest BCUT2D eigenvalue weighted by atomic mass is 16.6. The Kier molecular flexibility index (Phi) is 4.83. The van der Waals surface area contributed by atoms with Crippen molar-refractivity contribution < 1.29 is 20.1 Å². The number of aliphatic hydroxyl groups is 3. The molecule has 4 N–H and O–H groups in total. The molecule has 0 aliphatic carbocycles. The highest BCUT2D eigenvalue weighted by molar-refractivity contribution is 5.82. The lowest BCUT2D eigenvalue weighted by Crippen LogP contribution is -2.33. The van der Waals surface area contributed by atoms with E-state index in [1.165, 1.54) is 12.7 Å². The molecule has 0 saturated carbocycles. The molecule has 140 valence electrons. The van der Waals surface area contributed by atoms with Crippen LogP contribution < -0.4 is 5.32 Å². The van der Waals surface area contributed by atoms with Crippen LogP contribution in [0.25, 0.3) is 11.2 Å². The molecule has 10 nitrogen and oxygen atoms in total. The van der Waals surface area contributed by atoms with Crippen LogP contribution in [0.4, 0.5) is 5.82 Å². The number of fused-ring (bicyclic) bond motifs is 1. The first-order valence-corrected chi connectivity index (χ1v) is 8.60. The van der Waals surface area contributed by atoms with E-state index in [1.54, 1.807) is 4.57 Å². The average molecular weight is 362 g/mol. The van der Waals surface area contributed by atoms with Crippen molar-refractivity contribution in [2.24, 2.45) is 0 Å². The van der Waals surface area contributed by atoms with E-state index in [4.69, 9.17) is 4.74 Å². The Morgan fingerprint density at radius 3 is 2.69 bits per heavy atom. The maximum absolute atomic E-state index is 10.2. The van der Waals surface area contributed by atoms with Gasteiger partial charge in [0.05, 0.1) is 12.9 Å². The fraction of sp³-hybridized carbons (Fsp3) is 0.562. The molecule has 2 aliphatic heterocycles. The largest absolute Gasteiger partial charge is 0.394 e. The minimum absolute atomic E-state index is 0.380. The second kappa shape index (κ2) is 7.25. The number of ether oxygens (including phenoxy) is 1. The zero-order valence-electron chi connectivity index (χ0n) is 14.1. The summed E-state index contributed by atoms with van der Waals surface area (Å²) in [5.74, 6) is 0.604. The van der Waals surface area contributed by atoms with Crippen LogP contribution in [0.1, 0.15) is 6.23 Å². The SMILES string of the molecule is OC[C@H]1O[C@@H](n2cnc3c(NCCN4CC=CC4)ncnc32)[C@H](O)[C@@H]1O. The molecular formula is C16H22N6O4. The number of aromatic nitrogens is 4. The Bertz CT molecular complexity index is 788. The summed E-state index contributed by atoms with van der Waals surface area (Å²) in [7, 11) is 0. The van der Waals surface area contributed by atoms with Gasteiger partial charge in [0.25, 0.3) is 0 Å². The van der Waals surface area contributed by atoms with E-state index in [0.29, 0.717) is 23.5 Å². The second-order valence-electron chi connectivity index (χ2n) is 6.43. The normalized spacial score (nSPS) is 29.0. The third kappa shape index (κ3) is 3.06. The van der Waals surface area contributed by atoms with Crippen molar-refractivity contribution >= 4 is 17.0 Å². The lowest BCUT2D eigenvalue weighted by Gasteiger charge is -2.17. The molecule has 1 fully saturated rings. The highest BCUT2D eigenvalue weighted by Crippen LogP contribution is 2.31. The molecule has 2 aliphatic rings. The summed E-state index contributed by atoms with van der Waals surface area (Å²) in [6.07, 6.45) is 3.13. The molecule has 4 rings (SSSR count). The Balaban J connectivity index is 1.51. The maximum atomic E-state index is 10.2. The van der Waals surface area contributed by atoms with Gasteiger partial charge in [-0.15, -0.1) is 0 Å². The third-order valence-corrected chi connectivity index (χ3v) is 4.76. The standard InChI is InChI=1S/C16H22N6O4/c23-7-10-12(24)13(25)16(26-10)22-9-20-11-14(18-8-19-15(11)22)17-3-6-21-4-1-2-5-21/h1-2,8-10,12-13,16,23-25H,3-7H2,(H,17,18,19)/t10-,12-,13-,16-/m1/s1. The number of anilines is 1. The lowest BCUT2D eigenvalue weighted by atomic mass is 10.1. The van der Waals surface area contributed by atoms with E-state index in [2.05, 4.69) is 37.3 Å². The lowest BCUT2D eigenvalue weighted by molar-refractivity contribution is -0.0511. The van der Waals surface area contributed by atoms with Crippen LogP contribution in [-0.4, -0.2) is 90.8 Å². The molecule has 0 radical (unpaired) electrons. The Hall–Kier alpha value is -2.11. The minimum Gasteiger partial charge on any atom is -0.394 e. The van der Waals surface area contributed by atoms with Gasteiger partial charge in [-0.2, -0.15) is 0 Å². The van der Waals surface area contributed by atoms with Gasteiger partial charge < -0.3 is 25.4 Å². The van der Waals surface area contributed by atoms with Crippen molar-refractivity contribution in [2.75, 3.05) is 38.1 Å². The number of aliphatic hydroxyl groups excluding tert-OH is 3. The molecule has 0 spiro atoms. The van der Waals surface area contributed by atoms with E-state index >= 15 is 0 Å². The number of nitrogens with one attached hydrogen (secondary N) is 1. The fourth-order valence-corrected chi connectivity index (χ4v) is 3.31. The van der Waals surface area contributed by atoms with Crippen LogP contribution >= 0.6 is 0 Å². The molecule has 2 aromatic heterocycles. The molecule has 4 atom stereocenters. The third-order valence-electron chi connectivity index (χ3n) is 4.76. The number of rotatable bonds is 6.